The van der Waals surface area contributed by atoms with Gasteiger partial charge >= 0.3 is 18.4 Å². The van der Waals surface area contributed by atoms with Gasteiger partial charge in [0.2, 0.25) is 0 Å². The molecule has 0 aromatic carbocycles. The van der Waals surface area contributed by atoms with Crippen LogP contribution in [-0.2, 0) is 11.2 Å². The number of fused-ring (bicyclic) bond motifs is 1. The number of hydrogen-bond donors (Lipinski definition) is 1. The average molecular weight is 679 g/mol. The van der Waals surface area contributed by atoms with Crippen LogP contribution in [0.15, 0.2) is 39.7 Å². The van der Waals surface area contributed by atoms with Crippen molar-refractivity contribution < 1.29 is 54.1 Å². The monoisotopic (exact) mass is 678 g/mol. The minimum atomic E-state index is -4.81. The number of rotatable bonds is 10. The average Bonchev–Trinajstić information content (AvgIpc) is 3.75. The number of carbonyl (C=O) groups is 2. The lowest BCUT2D eigenvalue weighted by Crippen LogP contribution is -2.36. The van der Waals surface area contributed by atoms with Crippen LogP contribution in [0.4, 0.5) is 39.9 Å². The van der Waals surface area contributed by atoms with Crippen molar-refractivity contribution >= 4 is 23.3 Å². The number of aromatic nitrogens is 5. The molecule has 1 fully saturated rings. The van der Waals surface area contributed by atoms with Crippen molar-refractivity contribution in [3.05, 3.63) is 52.8 Å². The first-order valence-electron chi connectivity index (χ1n) is 14.2. The van der Waals surface area contributed by atoms with Gasteiger partial charge in [0.1, 0.15) is 11.4 Å². The Labute approximate surface area is 259 Å². The zero-order chi connectivity index (χ0) is 34.1. The van der Waals surface area contributed by atoms with E-state index in [1.165, 1.54) is 30.1 Å². The molecule has 3 aromatic heterocycles. The lowest BCUT2D eigenvalue weighted by molar-refractivity contribution is -0.134. The van der Waals surface area contributed by atoms with Crippen molar-refractivity contribution in [3.8, 4) is 0 Å². The highest BCUT2D eigenvalue weighted by Crippen LogP contribution is 2.38. The SMILES string of the molecule is COC[C@H](c1cnn2cc([C@H](NC(=O)c3nonc3CCC(F)(F)F)C3CCC(=C(F)F)CC3)nc2c1)N1CC(C(F)(F)F)=NC1=O. The normalized spacial score (nSPS) is 18.9. The molecule has 1 N–H and O–H groups in total. The van der Waals surface area contributed by atoms with Gasteiger partial charge in [-0.05, 0) is 48.4 Å². The summed E-state index contributed by atoms with van der Waals surface area (Å²) >= 11 is 0. The summed E-state index contributed by atoms with van der Waals surface area (Å²) in [6.45, 7) is -1.02. The minimum absolute atomic E-state index is 0.0268. The molecular formula is C27H26F8N8O4. The number of ether oxygens (including phenoxy) is 1. The van der Waals surface area contributed by atoms with Gasteiger partial charge in [0, 0.05) is 25.5 Å². The molecule has 5 rings (SSSR count). The van der Waals surface area contributed by atoms with Crippen molar-refractivity contribution in [1.82, 2.24) is 35.1 Å². The lowest BCUT2D eigenvalue weighted by Gasteiger charge is -2.30. The Balaban J connectivity index is 1.44. The van der Waals surface area contributed by atoms with Crippen LogP contribution < -0.4 is 5.32 Å². The Kier molecular flexibility index (Phi) is 9.60. The number of nitrogens with zero attached hydrogens (tertiary/aromatic N) is 7. The zero-order valence-corrected chi connectivity index (χ0v) is 24.4. The number of hydrogen-bond acceptors (Lipinski definition) is 8. The predicted octanol–water partition coefficient (Wildman–Crippen LogP) is 5.55. The molecule has 47 heavy (non-hydrogen) atoms. The van der Waals surface area contributed by atoms with Gasteiger partial charge in [-0.15, -0.1) is 0 Å². The molecule has 0 spiro atoms. The quantitative estimate of drug-likeness (QED) is 0.276. The molecule has 3 amide bonds. The third-order valence-electron chi connectivity index (χ3n) is 7.96. The topological polar surface area (TPSA) is 140 Å². The van der Waals surface area contributed by atoms with Crippen LogP contribution in [-0.4, -0.2) is 80.1 Å². The maximum Gasteiger partial charge on any atom is 0.431 e. The van der Waals surface area contributed by atoms with Gasteiger partial charge in [0.15, 0.2) is 11.3 Å². The second kappa shape index (κ2) is 13.3. The molecule has 2 atom stereocenters. The maximum atomic E-state index is 13.3. The molecule has 3 aromatic rings. The lowest BCUT2D eigenvalue weighted by atomic mass is 9.80. The first kappa shape index (κ1) is 33.9. The van der Waals surface area contributed by atoms with Crippen molar-refractivity contribution in [2.45, 2.75) is 63.0 Å². The van der Waals surface area contributed by atoms with Gasteiger partial charge in [-0.25, -0.2) is 18.9 Å². The molecule has 1 aliphatic heterocycles. The Morgan fingerprint density at radius 1 is 1.15 bits per heavy atom. The summed E-state index contributed by atoms with van der Waals surface area (Å²) in [7, 11) is 1.30. The number of carbonyl (C=O) groups excluding carboxylic acids is 2. The minimum Gasteiger partial charge on any atom is -0.382 e. The summed E-state index contributed by atoms with van der Waals surface area (Å²) < 4.78 is 116. The highest BCUT2D eigenvalue weighted by molar-refractivity contribution is 6.05. The number of alkyl halides is 6. The number of aliphatic imine (C=N–C) groups is 1. The number of methoxy groups -OCH3 is 1. The predicted molar refractivity (Wildman–Crippen MR) is 143 cm³/mol. The van der Waals surface area contributed by atoms with E-state index < -0.39 is 79.2 Å². The first-order valence-corrected chi connectivity index (χ1v) is 14.2. The van der Waals surface area contributed by atoms with Crippen molar-refractivity contribution in [2.75, 3.05) is 20.3 Å². The Morgan fingerprint density at radius 2 is 1.87 bits per heavy atom. The third-order valence-corrected chi connectivity index (χ3v) is 7.96. The van der Waals surface area contributed by atoms with Gasteiger partial charge in [-0.2, -0.15) is 45.2 Å². The van der Waals surface area contributed by atoms with Crippen LogP contribution in [0.1, 0.15) is 71.6 Å². The molecule has 1 aliphatic carbocycles. The van der Waals surface area contributed by atoms with Crippen molar-refractivity contribution in [2.24, 2.45) is 10.9 Å². The van der Waals surface area contributed by atoms with Crippen LogP contribution in [0.5, 0.6) is 0 Å². The third kappa shape index (κ3) is 7.74. The molecule has 2 aliphatic rings. The van der Waals surface area contributed by atoms with Crippen LogP contribution in [0.3, 0.4) is 0 Å². The first-order chi connectivity index (χ1) is 22.1. The van der Waals surface area contributed by atoms with E-state index in [1.54, 1.807) is 0 Å². The number of nitrogens with one attached hydrogen (secondary N) is 1. The molecule has 1 saturated carbocycles. The molecule has 4 heterocycles. The highest BCUT2D eigenvalue weighted by atomic mass is 19.4. The van der Waals surface area contributed by atoms with Gasteiger partial charge in [-0.1, -0.05) is 5.16 Å². The molecule has 0 saturated heterocycles. The van der Waals surface area contributed by atoms with E-state index in [4.69, 9.17) is 4.74 Å². The molecular weight excluding hydrogens is 652 g/mol. The summed E-state index contributed by atoms with van der Waals surface area (Å²) in [5.74, 6) is -1.38. The van der Waals surface area contributed by atoms with Gasteiger partial charge < -0.3 is 15.0 Å². The second-order valence-electron chi connectivity index (χ2n) is 11.0. The highest BCUT2D eigenvalue weighted by Gasteiger charge is 2.44. The number of halogens is 8. The van der Waals surface area contributed by atoms with Gasteiger partial charge in [0.25, 0.3) is 12.0 Å². The summed E-state index contributed by atoms with van der Waals surface area (Å²) in [5, 5.41) is 13.8. The summed E-state index contributed by atoms with van der Waals surface area (Å²) in [5.41, 5.74) is -1.47. The number of aryl methyl sites for hydroxylation is 1. The van der Waals surface area contributed by atoms with Crippen LogP contribution in [0.2, 0.25) is 0 Å². The number of allylic oxidation sites excluding steroid dienone is 1. The van der Waals surface area contributed by atoms with Crippen molar-refractivity contribution in [3.63, 3.8) is 0 Å². The number of amides is 3. The fourth-order valence-corrected chi connectivity index (χ4v) is 5.56. The second-order valence-corrected chi connectivity index (χ2v) is 11.0. The molecule has 0 bridgehead atoms. The Hall–Kier alpha value is -4.49. The summed E-state index contributed by atoms with van der Waals surface area (Å²) in [6.07, 6.45) is -9.88. The Bertz CT molecular complexity index is 1690. The molecule has 254 valence electrons. The fourth-order valence-electron chi connectivity index (χ4n) is 5.56. The van der Waals surface area contributed by atoms with Crippen molar-refractivity contribution in [1.29, 1.82) is 0 Å². The van der Waals surface area contributed by atoms with Gasteiger partial charge in [-0.3, -0.25) is 4.79 Å². The van der Waals surface area contributed by atoms with E-state index in [1.807, 2.05) is 0 Å². The van der Waals surface area contributed by atoms with Crippen LogP contribution in [0.25, 0.3) is 5.65 Å². The number of urea groups is 1. The van der Waals surface area contributed by atoms with Gasteiger partial charge in [0.05, 0.1) is 43.3 Å². The van der Waals surface area contributed by atoms with Crippen LogP contribution >= 0.6 is 0 Å². The zero-order valence-electron chi connectivity index (χ0n) is 24.4. The van der Waals surface area contributed by atoms with E-state index >= 15 is 0 Å². The van der Waals surface area contributed by atoms with E-state index in [9.17, 15) is 44.7 Å². The fraction of sp³-hybridized carbons (Fsp3) is 0.519. The molecule has 0 radical (unpaired) electrons. The molecule has 12 nitrogen and oxygen atoms in total. The summed E-state index contributed by atoms with van der Waals surface area (Å²) in [6, 6.07) is -1.65. The van der Waals surface area contributed by atoms with E-state index in [0.29, 0.717) is 0 Å². The smallest absolute Gasteiger partial charge is 0.382 e. The largest absolute Gasteiger partial charge is 0.431 e. The number of imidazole rings is 1. The van der Waals surface area contributed by atoms with E-state index in [-0.39, 0.29) is 60.5 Å². The van der Waals surface area contributed by atoms with E-state index in [0.717, 1.165) is 4.90 Å². The molecule has 0 unspecified atom stereocenters. The van der Waals surface area contributed by atoms with Crippen LogP contribution in [0, 0.1) is 5.92 Å². The summed E-state index contributed by atoms with van der Waals surface area (Å²) in [4.78, 5) is 34.2. The molecule has 20 heteroatoms. The maximum absolute atomic E-state index is 13.3. The van der Waals surface area contributed by atoms with E-state index in [2.05, 4.69) is 35.3 Å². The standard InChI is InChI=1S/C27H26F8N8O4/c1-46-12-18(42-11-19(27(33,34)35)38-25(42)45)15-8-20-37-17(10-43(20)36-9-15)21(13-2-4-14(5-3-13)23(28)29)39-24(44)22-16(40-47-41-22)6-7-26(30,31)32/h8-10,13,18,21H,2-7,11-12H2,1H3,(H,39,44)/t18-,21-/m1/s1. The Morgan fingerprint density at radius 3 is 2.49 bits per heavy atom.